The normalized spacial score (nSPS) is 17.7. The molecular formula is C51H55F6N5O7. The highest BCUT2D eigenvalue weighted by atomic mass is 19.4. The van der Waals surface area contributed by atoms with E-state index in [1.165, 1.54) is 4.90 Å². The number of hydrogen-bond acceptors (Lipinski definition) is 6. The summed E-state index contributed by atoms with van der Waals surface area (Å²) in [5.41, 5.74) is 2.62. The number of alkyl halides is 6. The van der Waals surface area contributed by atoms with Gasteiger partial charge in [0, 0.05) is 42.7 Å². The largest absolute Gasteiger partial charge is 0.465 e. The molecule has 1 aliphatic carbocycles. The van der Waals surface area contributed by atoms with Gasteiger partial charge in [0.2, 0.25) is 11.8 Å². The SMILES string of the molecule is COC(=O)N[C@H](C(=O)N1CCC[C@H]1N(C(=O)O)c1ccc2c(c1)C(CCCCC(F)(F)F)(CCCCC(F)(F)F)c1cc(NC(=O)[C@@H]3CCCN3C(=O)Cc3ccccc3)ccc1-2)c1ccccc1. The number of carbonyl (C=O) groups excluding carboxylic acids is 4. The van der Waals surface area contributed by atoms with E-state index in [1.807, 2.05) is 30.3 Å². The highest BCUT2D eigenvalue weighted by Crippen LogP contribution is 2.56. The first-order valence-corrected chi connectivity index (χ1v) is 23.2. The molecule has 69 heavy (non-hydrogen) atoms. The molecule has 0 bridgehead atoms. The molecule has 3 aliphatic rings. The average Bonchev–Trinajstić information content (AvgIpc) is 4.06. The standard InChI is InChI=1S/C51H55F6N5O7/c1-69-47(66)59-44(34-16-6-3-7-17-34)46(65)61-29-13-19-42(61)62(48(67)68)36-21-23-38-37-22-20-35(58-45(64)41-18-12-28-60(41)43(63)30-33-14-4-2-5-15-33)31-39(37)49(40(38)32-36,24-8-10-26-50(52,53)54)25-9-11-27-51(55,56)57/h2-7,14-17,20-23,31-32,41-42,44H,8-13,18-19,24-30H2,1H3,(H,58,64)(H,59,66)(H,67,68)/t41-,42+,44-/m0/s1. The maximum absolute atomic E-state index is 14.4. The average molecular weight is 964 g/mol. The fraction of sp³-hybridized carbons (Fsp3) is 0.431. The van der Waals surface area contributed by atoms with Crippen molar-refractivity contribution < 1.29 is 60.2 Å². The van der Waals surface area contributed by atoms with Crippen LogP contribution in [0.1, 0.15) is 105 Å². The van der Waals surface area contributed by atoms with Crippen molar-refractivity contribution in [1.82, 2.24) is 15.1 Å². The van der Waals surface area contributed by atoms with E-state index in [1.54, 1.807) is 71.6 Å². The van der Waals surface area contributed by atoms with E-state index in [9.17, 15) is 55.4 Å². The number of hydrogen-bond donors (Lipinski definition) is 3. The molecule has 2 saturated heterocycles. The van der Waals surface area contributed by atoms with Gasteiger partial charge in [-0.05, 0) is 109 Å². The molecular weight excluding hydrogens is 909 g/mol. The molecule has 2 heterocycles. The van der Waals surface area contributed by atoms with E-state index in [0.29, 0.717) is 59.3 Å². The lowest BCUT2D eigenvalue weighted by Crippen LogP contribution is -2.53. The first kappa shape index (κ1) is 50.3. The molecule has 12 nitrogen and oxygen atoms in total. The summed E-state index contributed by atoms with van der Waals surface area (Å²) in [7, 11) is 1.14. The van der Waals surface area contributed by atoms with Gasteiger partial charge < -0.3 is 30.3 Å². The van der Waals surface area contributed by atoms with E-state index in [2.05, 4.69) is 10.6 Å². The fourth-order valence-electron chi connectivity index (χ4n) is 10.3. The van der Waals surface area contributed by atoms with Crippen molar-refractivity contribution in [1.29, 1.82) is 0 Å². The minimum absolute atomic E-state index is 0.000648. The molecule has 2 aliphatic heterocycles. The van der Waals surface area contributed by atoms with Crippen molar-refractivity contribution in [3.63, 3.8) is 0 Å². The minimum Gasteiger partial charge on any atom is -0.465 e. The van der Waals surface area contributed by atoms with E-state index in [-0.39, 0.29) is 69.5 Å². The number of nitrogens with one attached hydrogen (secondary N) is 2. The zero-order valence-corrected chi connectivity index (χ0v) is 38.1. The minimum atomic E-state index is -4.47. The Morgan fingerprint density at radius 3 is 1.94 bits per heavy atom. The van der Waals surface area contributed by atoms with Gasteiger partial charge in [-0.2, -0.15) is 26.3 Å². The lowest BCUT2D eigenvalue weighted by Gasteiger charge is -2.37. The van der Waals surface area contributed by atoms with Crippen LogP contribution in [0.25, 0.3) is 11.1 Å². The van der Waals surface area contributed by atoms with Crippen molar-refractivity contribution >= 4 is 41.3 Å². The molecule has 4 aromatic rings. The molecule has 5 amide bonds. The van der Waals surface area contributed by atoms with Crippen molar-refractivity contribution in [3.05, 3.63) is 119 Å². The van der Waals surface area contributed by atoms with Gasteiger partial charge in [0.05, 0.1) is 13.5 Å². The third-order valence-electron chi connectivity index (χ3n) is 13.4. The number of anilines is 2. The van der Waals surface area contributed by atoms with Crippen LogP contribution in [0.15, 0.2) is 97.1 Å². The predicted octanol–water partition coefficient (Wildman–Crippen LogP) is 10.9. The Balaban J connectivity index is 1.26. The van der Waals surface area contributed by atoms with Crippen LogP contribution < -0.4 is 15.5 Å². The van der Waals surface area contributed by atoms with Crippen molar-refractivity contribution in [2.24, 2.45) is 0 Å². The van der Waals surface area contributed by atoms with Gasteiger partial charge in [0.15, 0.2) is 0 Å². The highest BCUT2D eigenvalue weighted by molar-refractivity contribution is 5.99. The van der Waals surface area contributed by atoms with Gasteiger partial charge in [-0.1, -0.05) is 85.6 Å². The Bertz CT molecular complexity index is 2470. The van der Waals surface area contributed by atoms with E-state index < -0.39 is 72.9 Å². The van der Waals surface area contributed by atoms with Gasteiger partial charge in [0.1, 0.15) is 18.2 Å². The summed E-state index contributed by atoms with van der Waals surface area (Å²) in [4.78, 5) is 71.7. The van der Waals surface area contributed by atoms with Crippen LogP contribution in [0.2, 0.25) is 0 Å². The maximum Gasteiger partial charge on any atom is 0.413 e. The second-order valence-corrected chi connectivity index (χ2v) is 17.9. The molecule has 368 valence electrons. The zero-order valence-electron chi connectivity index (χ0n) is 38.1. The zero-order chi connectivity index (χ0) is 49.5. The van der Waals surface area contributed by atoms with Gasteiger partial charge >= 0.3 is 24.5 Å². The molecule has 2 fully saturated rings. The summed E-state index contributed by atoms with van der Waals surface area (Å²) in [6.45, 7) is 0.509. The molecule has 3 atom stereocenters. The first-order chi connectivity index (χ1) is 32.9. The van der Waals surface area contributed by atoms with Crippen molar-refractivity contribution in [2.45, 2.75) is 119 Å². The van der Waals surface area contributed by atoms with E-state index >= 15 is 0 Å². The van der Waals surface area contributed by atoms with Crippen LogP contribution in [0.4, 0.5) is 47.3 Å². The highest BCUT2D eigenvalue weighted by Gasteiger charge is 2.46. The van der Waals surface area contributed by atoms with Crippen molar-refractivity contribution in [2.75, 3.05) is 30.4 Å². The number of rotatable bonds is 17. The number of likely N-dealkylation sites (tertiary alicyclic amines) is 2. The van der Waals surface area contributed by atoms with Gasteiger partial charge in [-0.15, -0.1) is 0 Å². The number of benzene rings is 4. The van der Waals surface area contributed by atoms with Crippen LogP contribution in [0.5, 0.6) is 0 Å². The number of amides is 5. The monoisotopic (exact) mass is 963 g/mol. The third kappa shape index (κ3) is 11.8. The summed E-state index contributed by atoms with van der Waals surface area (Å²) < 4.78 is 86.2. The fourth-order valence-corrected chi connectivity index (χ4v) is 10.3. The third-order valence-corrected chi connectivity index (χ3v) is 13.4. The number of halogens is 6. The van der Waals surface area contributed by atoms with Crippen LogP contribution >= 0.6 is 0 Å². The van der Waals surface area contributed by atoms with Crippen LogP contribution in [-0.2, 0) is 31.0 Å². The quantitative estimate of drug-likeness (QED) is 0.0705. The first-order valence-electron chi connectivity index (χ1n) is 23.2. The van der Waals surface area contributed by atoms with E-state index in [4.69, 9.17) is 4.74 Å². The molecule has 0 saturated carbocycles. The Morgan fingerprint density at radius 2 is 1.33 bits per heavy atom. The van der Waals surface area contributed by atoms with Crippen LogP contribution in [-0.4, -0.2) is 89.6 Å². The second-order valence-electron chi connectivity index (χ2n) is 17.9. The Hall–Kier alpha value is -6.59. The molecule has 3 N–H and O–H groups in total. The second kappa shape index (κ2) is 21.4. The summed E-state index contributed by atoms with van der Waals surface area (Å²) in [6.07, 6.45) is -13.3. The van der Waals surface area contributed by atoms with Gasteiger partial charge in [0.25, 0.3) is 5.91 Å². The van der Waals surface area contributed by atoms with Crippen LogP contribution in [0.3, 0.4) is 0 Å². The van der Waals surface area contributed by atoms with Crippen molar-refractivity contribution in [3.8, 4) is 11.1 Å². The van der Waals surface area contributed by atoms with Crippen LogP contribution in [0, 0.1) is 0 Å². The molecule has 0 aromatic heterocycles. The summed E-state index contributed by atoms with van der Waals surface area (Å²) in [5, 5.41) is 16.4. The number of carbonyl (C=O) groups is 5. The molecule has 0 radical (unpaired) electrons. The number of unbranched alkanes of at least 4 members (excludes halogenated alkanes) is 2. The Morgan fingerprint density at radius 1 is 0.754 bits per heavy atom. The molecule has 0 spiro atoms. The number of nitrogens with zero attached hydrogens (tertiary/aromatic N) is 3. The number of ether oxygens (including phenoxy) is 1. The Kier molecular flexibility index (Phi) is 15.6. The lowest BCUT2D eigenvalue weighted by molar-refractivity contribution is -0.136. The number of methoxy groups -OCH3 is 1. The summed E-state index contributed by atoms with van der Waals surface area (Å²) in [5.74, 6) is -1.27. The van der Waals surface area contributed by atoms with Gasteiger partial charge in [-0.3, -0.25) is 19.3 Å². The summed E-state index contributed by atoms with van der Waals surface area (Å²) in [6, 6.07) is 25.4. The molecule has 18 heteroatoms. The molecule has 0 unspecified atom stereocenters. The number of alkyl carbamates (subject to hydrolysis) is 1. The Labute approximate surface area is 396 Å². The maximum atomic E-state index is 14.4. The topological polar surface area (TPSA) is 149 Å². The lowest BCUT2D eigenvalue weighted by atomic mass is 9.70. The number of fused-ring (bicyclic) bond motifs is 3. The van der Waals surface area contributed by atoms with E-state index in [0.717, 1.165) is 17.6 Å². The number of carboxylic acid groups (broad SMARTS) is 1. The molecule has 4 aromatic carbocycles. The molecule has 7 rings (SSSR count). The smallest absolute Gasteiger partial charge is 0.413 e. The summed E-state index contributed by atoms with van der Waals surface area (Å²) >= 11 is 0. The van der Waals surface area contributed by atoms with Gasteiger partial charge in [-0.25, -0.2) is 9.59 Å². The predicted molar refractivity (Wildman–Crippen MR) is 245 cm³/mol.